The summed E-state index contributed by atoms with van der Waals surface area (Å²) in [4.78, 5) is 13.9. The number of rotatable bonds is 7. The Balaban J connectivity index is 1.96. The number of nitrogens with zero attached hydrogens (tertiary/aromatic N) is 1. The summed E-state index contributed by atoms with van der Waals surface area (Å²) in [7, 11) is 1.77. The van der Waals surface area contributed by atoms with Gasteiger partial charge < -0.3 is 15.3 Å². The first-order chi connectivity index (χ1) is 10.7. The predicted molar refractivity (Wildman–Crippen MR) is 88.7 cm³/mol. The van der Waals surface area contributed by atoms with Crippen molar-refractivity contribution in [2.75, 3.05) is 25.1 Å². The quantitative estimate of drug-likeness (QED) is 0.825. The van der Waals surface area contributed by atoms with E-state index in [0.29, 0.717) is 6.42 Å². The van der Waals surface area contributed by atoms with E-state index in [4.69, 9.17) is 0 Å². The minimum atomic E-state index is -0.0284. The lowest BCUT2D eigenvalue weighted by molar-refractivity contribution is -0.117. The van der Waals surface area contributed by atoms with Gasteiger partial charge in [0, 0.05) is 25.4 Å². The van der Waals surface area contributed by atoms with E-state index in [1.807, 2.05) is 60.7 Å². The Morgan fingerprint density at radius 1 is 1.09 bits per heavy atom. The molecule has 0 aliphatic heterocycles. The highest BCUT2D eigenvalue weighted by atomic mass is 16.3. The van der Waals surface area contributed by atoms with Gasteiger partial charge in [-0.05, 0) is 24.1 Å². The number of aliphatic hydroxyl groups is 1. The van der Waals surface area contributed by atoms with Crippen molar-refractivity contribution in [1.82, 2.24) is 5.32 Å². The number of likely N-dealkylation sites (N-methyl/N-ethyl adjacent to an activating group) is 1. The molecular formula is C18H22N2O2. The number of hydrogen-bond donors (Lipinski definition) is 2. The first-order valence-electron chi connectivity index (χ1n) is 7.43. The van der Waals surface area contributed by atoms with E-state index >= 15 is 0 Å². The maximum Gasteiger partial charge on any atom is 0.240 e. The molecule has 2 rings (SSSR count). The Morgan fingerprint density at radius 3 is 2.27 bits per heavy atom. The molecule has 2 aromatic rings. The number of carbonyl (C=O) groups excluding carboxylic acids is 1. The van der Waals surface area contributed by atoms with Crippen molar-refractivity contribution in [1.29, 1.82) is 0 Å². The van der Waals surface area contributed by atoms with Crippen molar-refractivity contribution in [2.24, 2.45) is 0 Å². The molecule has 0 heterocycles. The number of benzene rings is 2. The van der Waals surface area contributed by atoms with Gasteiger partial charge in [0.1, 0.15) is 0 Å². The average Bonchev–Trinajstić information content (AvgIpc) is 2.59. The summed E-state index contributed by atoms with van der Waals surface area (Å²) >= 11 is 0. The number of amides is 1. The molecule has 1 atom stereocenters. The molecular weight excluding hydrogens is 276 g/mol. The Hall–Kier alpha value is -2.17. The maximum absolute atomic E-state index is 12.3. The molecule has 0 bridgehead atoms. The van der Waals surface area contributed by atoms with Crippen LogP contribution in [-0.2, 0) is 4.79 Å². The van der Waals surface area contributed by atoms with E-state index in [1.54, 1.807) is 11.9 Å². The molecule has 1 unspecified atom stereocenters. The van der Waals surface area contributed by atoms with Crippen LogP contribution >= 0.6 is 0 Å². The molecule has 0 spiro atoms. The van der Waals surface area contributed by atoms with E-state index < -0.39 is 0 Å². The summed E-state index contributed by atoms with van der Waals surface area (Å²) in [5.41, 5.74) is 1.94. The van der Waals surface area contributed by atoms with Crippen LogP contribution in [-0.4, -0.2) is 31.2 Å². The molecule has 0 aromatic heterocycles. The van der Waals surface area contributed by atoms with Crippen molar-refractivity contribution >= 4 is 11.6 Å². The first-order valence-corrected chi connectivity index (χ1v) is 7.43. The average molecular weight is 298 g/mol. The Morgan fingerprint density at radius 2 is 1.68 bits per heavy atom. The van der Waals surface area contributed by atoms with Crippen LogP contribution in [0, 0.1) is 0 Å². The second-order valence-corrected chi connectivity index (χ2v) is 5.14. The van der Waals surface area contributed by atoms with Crippen LogP contribution in [0.1, 0.15) is 18.0 Å². The number of aliphatic hydroxyl groups excluding tert-OH is 1. The maximum atomic E-state index is 12.3. The van der Waals surface area contributed by atoms with Crippen LogP contribution < -0.4 is 10.2 Å². The van der Waals surface area contributed by atoms with Crippen LogP contribution in [0.2, 0.25) is 0 Å². The number of anilines is 1. The molecule has 22 heavy (non-hydrogen) atoms. The molecule has 0 aliphatic rings. The van der Waals surface area contributed by atoms with E-state index in [-0.39, 0.29) is 25.1 Å². The summed E-state index contributed by atoms with van der Waals surface area (Å²) in [6, 6.07) is 19.4. The molecule has 116 valence electrons. The van der Waals surface area contributed by atoms with E-state index in [0.717, 1.165) is 11.3 Å². The summed E-state index contributed by atoms with van der Waals surface area (Å²) in [5.74, 6) is -0.00919. The van der Waals surface area contributed by atoms with Gasteiger partial charge in [-0.1, -0.05) is 48.5 Å². The van der Waals surface area contributed by atoms with Gasteiger partial charge in [-0.25, -0.2) is 0 Å². The standard InChI is InChI=1S/C18H22N2O2/c1-20(16-10-6-3-7-11-16)18(22)14-19-17(12-13-21)15-8-4-2-5-9-15/h2-11,17,19,21H,12-14H2,1H3. The Kier molecular flexibility index (Phi) is 6.13. The van der Waals surface area contributed by atoms with Gasteiger partial charge in [0.15, 0.2) is 0 Å². The smallest absolute Gasteiger partial charge is 0.240 e. The zero-order valence-electron chi connectivity index (χ0n) is 12.8. The minimum absolute atomic E-state index is 0.00919. The fourth-order valence-electron chi connectivity index (χ4n) is 2.33. The second kappa shape index (κ2) is 8.32. The molecule has 4 heteroatoms. The predicted octanol–water partition coefficient (Wildman–Crippen LogP) is 2.36. The normalized spacial score (nSPS) is 11.9. The highest BCUT2D eigenvalue weighted by Gasteiger charge is 2.15. The Bertz CT molecular complexity index is 572. The van der Waals surface area contributed by atoms with E-state index in [9.17, 15) is 9.90 Å². The van der Waals surface area contributed by atoms with Crippen molar-refractivity contribution in [3.05, 3.63) is 66.2 Å². The summed E-state index contributed by atoms with van der Waals surface area (Å²) in [5, 5.41) is 12.5. The molecule has 0 aliphatic carbocycles. The zero-order valence-corrected chi connectivity index (χ0v) is 12.8. The molecule has 4 nitrogen and oxygen atoms in total. The molecule has 0 fully saturated rings. The number of carbonyl (C=O) groups is 1. The van der Waals surface area contributed by atoms with Crippen molar-refractivity contribution < 1.29 is 9.90 Å². The van der Waals surface area contributed by atoms with Gasteiger partial charge in [0.25, 0.3) is 0 Å². The lowest BCUT2D eigenvalue weighted by Crippen LogP contribution is -2.37. The Labute approximate surface area is 131 Å². The minimum Gasteiger partial charge on any atom is -0.396 e. The highest BCUT2D eigenvalue weighted by molar-refractivity contribution is 5.94. The van der Waals surface area contributed by atoms with Crippen molar-refractivity contribution in [3.63, 3.8) is 0 Å². The third kappa shape index (κ3) is 4.41. The second-order valence-electron chi connectivity index (χ2n) is 5.14. The van der Waals surface area contributed by atoms with Crippen LogP contribution in [0.15, 0.2) is 60.7 Å². The molecule has 2 aromatic carbocycles. The first kappa shape index (κ1) is 16.2. The third-order valence-electron chi connectivity index (χ3n) is 3.64. The SMILES string of the molecule is CN(C(=O)CNC(CCO)c1ccccc1)c1ccccc1. The number of para-hydroxylation sites is 1. The molecule has 0 saturated carbocycles. The molecule has 0 saturated heterocycles. The summed E-state index contributed by atoms with van der Waals surface area (Å²) < 4.78 is 0. The lowest BCUT2D eigenvalue weighted by atomic mass is 10.0. The highest BCUT2D eigenvalue weighted by Crippen LogP contribution is 2.16. The lowest BCUT2D eigenvalue weighted by Gasteiger charge is -2.21. The van der Waals surface area contributed by atoms with E-state index in [2.05, 4.69) is 5.32 Å². The largest absolute Gasteiger partial charge is 0.396 e. The van der Waals surface area contributed by atoms with Gasteiger partial charge in [-0.3, -0.25) is 4.79 Å². The van der Waals surface area contributed by atoms with Gasteiger partial charge in [-0.15, -0.1) is 0 Å². The molecule has 1 amide bonds. The van der Waals surface area contributed by atoms with Crippen LogP contribution in [0.3, 0.4) is 0 Å². The third-order valence-corrected chi connectivity index (χ3v) is 3.64. The van der Waals surface area contributed by atoms with E-state index in [1.165, 1.54) is 0 Å². The fourth-order valence-corrected chi connectivity index (χ4v) is 2.33. The van der Waals surface area contributed by atoms with Crippen molar-refractivity contribution in [3.8, 4) is 0 Å². The number of nitrogens with one attached hydrogen (secondary N) is 1. The fraction of sp³-hybridized carbons (Fsp3) is 0.278. The van der Waals surface area contributed by atoms with Crippen LogP contribution in [0.25, 0.3) is 0 Å². The van der Waals surface area contributed by atoms with Gasteiger partial charge in [-0.2, -0.15) is 0 Å². The summed E-state index contributed by atoms with van der Waals surface area (Å²) in [6.45, 7) is 0.306. The molecule has 2 N–H and O–H groups in total. The van der Waals surface area contributed by atoms with Gasteiger partial charge >= 0.3 is 0 Å². The monoisotopic (exact) mass is 298 g/mol. The topological polar surface area (TPSA) is 52.6 Å². The van der Waals surface area contributed by atoms with Crippen LogP contribution in [0.4, 0.5) is 5.69 Å². The zero-order chi connectivity index (χ0) is 15.8. The number of hydrogen-bond acceptors (Lipinski definition) is 3. The van der Waals surface area contributed by atoms with Crippen molar-refractivity contribution in [2.45, 2.75) is 12.5 Å². The van der Waals surface area contributed by atoms with Gasteiger partial charge in [0.2, 0.25) is 5.91 Å². The van der Waals surface area contributed by atoms with Crippen LogP contribution in [0.5, 0.6) is 0 Å². The summed E-state index contributed by atoms with van der Waals surface area (Å²) in [6.07, 6.45) is 0.576. The van der Waals surface area contributed by atoms with Gasteiger partial charge in [0.05, 0.1) is 6.54 Å². The molecule has 0 radical (unpaired) electrons.